The smallest absolute Gasteiger partial charge is 0.339 e. The van der Waals surface area contributed by atoms with Crippen LogP contribution in [0.3, 0.4) is 0 Å². The molecule has 0 unspecified atom stereocenters. The van der Waals surface area contributed by atoms with E-state index in [0.29, 0.717) is 5.76 Å². The van der Waals surface area contributed by atoms with Crippen molar-refractivity contribution >= 4 is 21.9 Å². The fourth-order valence-electron chi connectivity index (χ4n) is 2.08. The molecule has 0 aliphatic rings. The number of hydrogen-bond acceptors (Lipinski definition) is 6. The molecular weight excluding hydrogens is 352 g/mol. The van der Waals surface area contributed by atoms with E-state index in [1.54, 1.807) is 0 Å². The van der Waals surface area contributed by atoms with Crippen LogP contribution < -0.4 is 0 Å². The SMILES string of the molecule is Cc1oc(CN(C)C(=O)c2ccc(S(=O)(=O)N(C)C)o2)cc1C(=O)O. The zero-order chi connectivity index (χ0) is 18.9. The Hall–Kier alpha value is -2.59. The van der Waals surface area contributed by atoms with Crippen LogP contribution in [0, 0.1) is 6.92 Å². The van der Waals surface area contributed by atoms with E-state index in [4.69, 9.17) is 13.9 Å². The highest BCUT2D eigenvalue weighted by Gasteiger charge is 2.25. The number of carbonyl (C=O) groups excluding carboxylic acids is 1. The summed E-state index contributed by atoms with van der Waals surface area (Å²) in [4.78, 5) is 24.6. The minimum atomic E-state index is -3.77. The van der Waals surface area contributed by atoms with Crippen molar-refractivity contribution in [2.45, 2.75) is 18.6 Å². The summed E-state index contributed by atoms with van der Waals surface area (Å²) in [6.07, 6.45) is 0. The lowest BCUT2D eigenvalue weighted by Crippen LogP contribution is -2.25. The van der Waals surface area contributed by atoms with Gasteiger partial charge in [0.05, 0.1) is 6.54 Å². The highest BCUT2D eigenvalue weighted by Crippen LogP contribution is 2.20. The molecule has 2 aromatic heterocycles. The third-order valence-electron chi connectivity index (χ3n) is 3.47. The first-order valence-electron chi connectivity index (χ1n) is 7.14. The van der Waals surface area contributed by atoms with Gasteiger partial charge >= 0.3 is 5.97 Å². The molecule has 0 aliphatic heterocycles. The predicted molar refractivity (Wildman–Crippen MR) is 85.8 cm³/mol. The number of amides is 1. The Bertz CT molecular complexity index is 908. The lowest BCUT2D eigenvalue weighted by Gasteiger charge is -2.14. The largest absolute Gasteiger partial charge is 0.478 e. The highest BCUT2D eigenvalue weighted by atomic mass is 32.2. The quantitative estimate of drug-likeness (QED) is 0.815. The third-order valence-corrected chi connectivity index (χ3v) is 5.16. The van der Waals surface area contributed by atoms with Crippen LogP contribution in [0.4, 0.5) is 0 Å². The molecule has 10 heteroatoms. The van der Waals surface area contributed by atoms with Crippen LogP contribution in [0.25, 0.3) is 0 Å². The summed E-state index contributed by atoms with van der Waals surface area (Å²) in [6.45, 7) is 1.52. The molecule has 0 atom stereocenters. The zero-order valence-corrected chi connectivity index (χ0v) is 15.0. The molecule has 9 nitrogen and oxygen atoms in total. The van der Waals surface area contributed by atoms with Crippen molar-refractivity contribution in [1.82, 2.24) is 9.21 Å². The summed E-state index contributed by atoms with van der Waals surface area (Å²) in [6, 6.07) is 3.81. The fraction of sp³-hybridized carbons (Fsp3) is 0.333. The molecule has 0 saturated carbocycles. The molecule has 0 aliphatic carbocycles. The molecule has 136 valence electrons. The maximum atomic E-state index is 12.4. The van der Waals surface area contributed by atoms with Gasteiger partial charge < -0.3 is 18.8 Å². The normalized spacial score (nSPS) is 11.7. The summed E-state index contributed by atoms with van der Waals surface area (Å²) in [5.41, 5.74) is 0.0215. The monoisotopic (exact) mass is 370 g/mol. The van der Waals surface area contributed by atoms with Crippen LogP contribution >= 0.6 is 0 Å². The van der Waals surface area contributed by atoms with Gasteiger partial charge in [0.2, 0.25) is 5.09 Å². The maximum Gasteiger partial charge on any atom is 0.339 e. The molecule has 1 N–H and O–H groups in total. The van der Waals surface area contributed by atoms with Gasteiger partial charge in [0, 0.05) is 21.1 Å². The first-order valence-corrected chi connectivity index (χ1v) is 8.58. The number of aromatic carboxylic acids is 1. The topological polar surface area (TPSA) is 121 Å². The second kappa shape index (κ2) is 6.73. The molecule has 2 aromatic rings. The summed E-state index contributed by atoms with van der Waals surface area (Å²) in [7, 11) is 0.392. The molecule has 0 saturated heterocycles. The second-order valence-corrected chi connectivity index (χ2v) is 7.64. The zero-order valence-electron chi connectivity index (χ0n) is 14.1. The van der Waals surface area contributed by atoms with E-state index in [9.17, 15) is 18.0 Å². The first kappa shape index (κ1) is 18.7. The van der Waals surface area contributed by atoms with Crippen LogP contribution in [-0.4, -0.2) is 55.7 Å². The van der Waals surface area contributed by atoms with E-state index in [-0.39, 0.29) is 28.7 Å². The summed E-state index contributed by atoms with van der Waals surface area (Å²) >= 11 is 0. The molecule has 2 rings (SSSR count). The summed E-state index contributed by atoms with van der Waals surface area (Å²) in [5, 5.41) is 8.67. The highest BCUT2D eigenvalue weighted by molar-refractivity contribution is 7.88. The lowest BCUT2D eigenvalue weighted by molar-refractivity contribution is 0.0693. The number of carboxylic acids is 1. The van der Waals surface area contributed by atoms with Crippen LogP contribution in [-0.2, 0) is 16.6 Å². The average Bonchev–Trinajstić information content (AvgIpc) is 3.13. The maximum absolute atomic E-state index is 12.4. The van der Waals surface area contributed by atoms with Crippen LogP contribution in [0.2, 0.25) is 0 Å². The number of furan rings is 2. The lowest BCUT2D eigenvalue weighted by atomic mass is 10.2. The molecule has 0 radical (unpaired) electrons. The van der Waals surface area contributed by atoms with Gasteiger partial charge in [-0.25, -0.2) is 17.5 Å². The standard InChI is InChI=1S/C15H18N2O7S/c1-9-11(15(19)20)7-10(23-9)8-17(4)14(18)12-5-6-13(24-12)25(21,22)16(2)3/h5-7H,8H2,1-4H3,(H,19,20). The Labute approximate surface area is 144 Å². The minimum absolute atomic E-state index is 0.00339. The van der Waals surface area contributed by atoms with E-state index in [1.807, 2.05) is 0 Å². The van der Waals surface area contributed by atoms with Crippen molar-refractivity contribution in [3.05, 3.63) is 41.0 Å². The molecule has 0 bridgehead atoms. The minimum Gasteiger partial charge on any atom is -0.478 e. The summed E-state index contributed by atoms with van der Waals surface area (Å²) in [5.74, 6) is -1.30. The van der Waals surface area contributed by atoms with Gasteiger partial charge in [-0.05, 0) is 25.1 Å². The third kappa shape index (κ3) is 3.74. The molecule has 1 amide bonds. The van der Waals surface area contributed by atoms with Crippen molar-refractivity contribution in [3.63, 3.8) is 0 Å². The number of aryl methyl sites for hydroxylation is 1. The van der Waals surface area contributed by atoms with Gasteiger partial charge in [0.25, 0.3) is 15.9 Å². The van der Waals surface area contributed by atoms with Crippen LogP contribution in [0.5, 0.6) is 0 Å². The average molecular weight is 370 g/mol. The first-order chi connectivity index (χ1) is 11.5. The number of hydrogen-bond donors (Lipinski definition) is 1. The number of rotatable bonds is 6. The fourth-order valence-corrected chi connectivity index (χ4v) is 2.88. The van der Waals surface area contributed by atoms with E-state index >= 15 is 0 Å². The number of carbonyl (C=O) groups is 2. The Morgan fingerprint density at radius 1 is 1.16 bits per heavy atom. The predicted octanol–water partition coefficient (Wildman–Crippen LogP) is 1.40. The number of nitrogens with zero attached hydrogens (tertiary/aromatic N) is 2. The van der Waals surface area contributed by atoms with Crippen LogP contribution in [0.1, 0.15) is 32.4 Å². The van der Waals surface area contributed by atoms with Crippen molar-refractivity contribution in [3.8, 4) is 0 Å². The van der Waals surface area contributed by atoms with Gasteiger partial charge in [0.15, 0.2) is 5.76 Å². The molecule has 0 fully saturated rings. The van der Waals surface area contributed by atoms with E-state index in [1.165, 1.54) is 51.2 Å². The van der Waals surface area contributed by atoms with Gasteiger partial charge in [0.1, 0.15) is 17.1 Å². The number of sulfonamides is 1. The Morgan fingerprint density at radius 3 is 2.32 bits per heavy atom. The van der Waals surface area contributed by atoms with Gasteiger partial charge in [-0.2, -0.15) is 0 Å². The van der Waals surface area contributed by atoms with Gasteiger partial charge in [-0.15, -0.1) is 0 Å². The summed E-state index contributed by atoms with van der Waals surface area (Å²) < 4.78 is 35.4. The molecule has 25 heavy (non-hydrogen) atoms. The van der Waals surface area contributed by atoms with Gasteiger partial charge in [-0.3, -0.25) is 4.79 Å². The Balaban J connectivity index is 2.17. The van der Waals surface area contributed by atoms with Crippen molar-refractivity contribution in [2.24, 2.45) is 0 Å². The Kier molecular flexibility index (Phi) is 5.04. The molecule has 2 heterocycles. The van der Waals surface area contributed by atoms with Crippen LogP contribution in [0.15, 0.2) is 32.1 Å². The van der Waals surface area contributed by atoms with Crippen molar-refractivity contribution in [1.29, 1.82) is 0 Å². The van der Waals surface area contributed by atoms with Crippen molar-refractivity contribution in [2.75, 3.05) is 21.1 Å². The van der Waals surface area contributed by atoms with E-state index in [2.05, 4.69) is 0 Å². The van der Waals surface area contributed by atoms with E-state index < -0.39 is 21.9 Å². The molecular formula is C15H18N2O7S. The van der Waals surface area contributed by atoms with E-state index in [0.717, 1.165) is 4.31 Å². The molecule has 0 aromatic carbocycles. The Morgan fingerprint density at radius 2 is 1.80 bits per heavy atom. The van der Waals surface area contributed by atoms with Crippen molar-refractivity contribution < 1.29 is 31.9 Å². The molecule has 0 spiro atoms. The van der Waals surface area contributed by atoms with Gasteiger partial charge in [-0.1, -0.05) is 0 Å². The number of carboxylic acid groups (broad SMARTS) is 1. The second-order valence-electron chi connectivity index (χ2n) is 5.56.